The molecule has 0 spiro atoms. The Bertz CT molecular complexity index is 1040. The number of ether oxygens (including phenoxy) is 2. The third-order valence-electron chi connectivity index (χ3n) is 4.92. The number of benzene rings is 2. The molecule has 0 radical (unpaired) electrons. The van der Waals surface area contributed by atoms with Gasteiger partial charge in [-0.25, -0.2) is 0 Å². The minimum Gasteiger partial charge on any atom is -0.466 e. The molecule has 0 saturated carbocycles. The molecule has 1 unspecified atom stereocenters. The minimum atomic E-state index is -1.95. The van der Waals surface area contributed by atoms with E-state index in [4.69, 9.17) is 14.6 Å². The van der Waals surface area contributed by atoms with Gasteiger partial charge in [0.25, 0.3) is 5.79 Å². The highest BCUT2D eigenvalue weighted by Gasteiger charge is 2.49. The zero-order valence-electron chi connectivity index (χ0n) is 19.4. The van der Waals surface area contributed by atoms with Gasteiger partial charge < -0.3 is 14.6 Å². The fraction of sp³-hybridized carbons (Fsp3) is 0.400. The van der Waals surface area contributed by atoms with E-state index in [2.05, 4.69) is 0 Å². The molecule has 170 valence electrons. The normalized spacial score (nSPS) is 13.6. The van der Waals surface area contributed by atoms with Crippen LogP contribution in [-0.4, -0.2) is 34.1 Å². The summed E-state index contributed by atoms with van der Waals surface area (Å²) in [5.74, 6) is -1.52. The summed E-state index contributed by atoms with van der Waals surface area (Å²) >= 11 is 0. The lowest BCUT2D eigenvalue weighted by molar-refractivity contribution is -0.611. The molecule has 2 aromatic carbocycles. The Labute approximate surface area is 189 Å². The summed E-state index contributed by atoms with van der Waals surface area (Å²) in [6.45, 7) is 9.89. The Morgan fingerprint density at radius 2 is 1.59 bits per heavy atom. The predicted octanol–water partition coefficient (Wildman–Crippen LogP) is 3.72. The van der Waals surface area contributed by atoms with Crippen molar-refractivity contribution in [3.05, 3.63) is 66.5 Å². The fourth-order valence-electron chi connectivity index (χ4n) is 3.63. The minimum absolute atomic E-state index is 0.195. The van der Waals surface area contributed by atoms with Crippen molar-refractivity contribution in [2.75, 3.05) is 13.2 Å². The van der Waals surface area contributed by atoms with Crippen LogP contribution in [0.15, 0.2) is 60.7 Å². The number of aliphatic hydroxyl groups is 1. The summed E-state index contributed by atoms with van der Waals surface area (Å²) in [4.78, 5) is 12.5. The molecule has 1 atom stereocenters. The second-order valence-corrected chi connectivity index (χ2v) is 8.47. The predicted molar refractivity (Wildman–Crippen MR) is 121 cm³/mol. The number of nitrogens with zero attached hydrogens (tertiary/aromatic N) is 3. The van der Waals surface area contributed by atoms with E-state index in [0.29, 0.717) is 11.6 Å². The van der Waals surface area contributed by atoms with E-state index in [1.54, 1.807) is 18.5 Å². The first kappa shape index (κ1) is 23.6. The zero-order valence-corrected chi connectivity index (χ0v) is 19.4. The van der Waals surface area contributed by atoms with Crippen molar-refractivity contribution >= 4 is 5.97 Å². The van der Waals surface area contributed by atoms with E-state index < -0.39 is 17.3 Å². The molecular weight excluding hydrogens is 406 g/mol. The van der Waals surface area contributed by atoms with Crippen LogP contribution in [0.2, 0.25) is 0 Å². The molecule has 7 heteroatoms. The molecule has 0 aliphatic heterocycles. The summed E-state index contributed by atoms with van der Waals surface area (Å²) in [6, 6.07) is 19.4. The maximum absolute atomic E-state index is 12.5. The summed E-state index contributed by atoms with van der Waals surface area (Å²) < 4.78 is 14.6. The van der Waals surface area contributed by atoms with Gasteiger partial charge in [-0.15, -0.1) is 4.68 Å². The van der Waals surface area contributed by atoms with E-state index in [9.17, 15) is 9.90 Å². The van der Waals surface area contributed by atoms with E-state index >= 15 is 0 Å². The molecule has 3 aromatic rings. The number of hydrogen-bond acceptors (Lipinski definition) is 5. The van der Waals surface area contributed by atoms with Gasteiger partial charge in [-0.05, 0) is 58.9 Å². The standard InChI is InChI=1S/C25H32N3O4/c1-6-31-21(29)18-25(30,32-7-2)23-27(20-16-12-9-13-17-20)22(19-14-10-8-11-15-19)26-28(23)24(3,4)5/h8-17,30H,6-7,18H2,1-5H3/q+1. The maximum Gasteiger partial charge on any atom is 0.314 e. The molecule has 0 fully saturated rings. The van der Waals surface area contributed by atoms with Crippen molar-refractivity contribution in [1.82, 2.24) is 9.78 Å². The molecule has 0 saturated heterocycles. The maximum atomic E-state index is 12.5. The number of esters is 1. The van der Waals surface area contributed by atoms with Crippen LogP contribution in [0.1, 0.15) is 46.9 Å². The van der Waals surface area contributed by atoms with Gasteiger partial charge in [0.05, 0.1) is 12.2 Å². The largest absolute Gasteiger partial charge is 0.466 e. The first-order valence-electron chi connectivity index (χ1n) is 10.9. The lowest BCUT2D eigenvalue weighted by Gasteiger charge is -2.27. The molecule has 1 heterocycles. The highest BCUT2D eigenvalue weighted by Crippen LogP contribution is 2.32. The molecule has 0 aliphatic rings. The van der Waals surface area contributed by atoms with Crippen LogP contribution in [0.3, 0.4) is 0 Å². The number of para-hydroxylation sites is 1. The molecule has 3 rings (SSSR count). The average molecular weight is 439 g/mol. The van der Waals surface area contributed by atoms with E-state index in [-0.39, 0.29) is 19.6 Å². The van der Waals surface area contributed by atoms with Gasteiger partial charge in [-0.3, -0.25) is 4.79 Å². The van der Waals surface area contributed by atoms with Crippen LogP contribution in [-0.2, 0) is 25.6 Å². The van der Waals surface area contributed by atoms with Gasteiger partial charge in [0.15, 0.2) is 0 Å². The Morgan fingerprint density at radius 3 is 2.12 bits per heavy atom. The van der Waals surface area contributed by atoms with E-state index in [1.165, 1.54) is 0 Å². The van der Waals surface area contributed by atoms with Crippen LogP contribution < -0.4 is 4.57 Å². The van der Waals surface area contributed by atoms with Gasteiger partial charge in [-0.1, -0.05) is 36.4 Å². The smallest absolute Gasteiger partial charge is 0.314 e. The topological polar surface area (TPSA) is 77.5 Å². The summed E-state index contributed by atoms with van der Waals surface area (Å²) in [5, 5.41) is 16.7. The SMILES string of the molecule is CCOC(=O)CC(O)(OCC)c1n(C(C)(C)C)nc(-c2ccccc2)[n+]1-c1ccccc1. The van der Waals surface area contributed by atoms with Crippen molar-refractivity contribution in [2.45, 2.75) is 52.4 Å². The molecule has 0 amide bonds. The number of aromatic nitrogens is 3. The van der Waals surface area contributed by atoms with Crippen molar-refractivity contribution in [2.24, 2.45) is 0 Å². The van der Waals surface area contributed by atoms with Crippen LogP contribution in [0.4, 0.5) is 0 Å². The van der Waals surface area contributed by atoms with Crippen molar-refractivity contribution in [3.8, 4) is 17.1 Å². The Kier molecular flexibility index (Phi) is 7.11. The fourth-order valence-corrected chi connectivity index (χ4v) is 3.63. The number of rotatable bonds is 8. The van der Waals surface area contributed by atoms with Gasteiger partial charge in [0.2, 0.25) is 0 Å². The van der Waals surface area contributed by atoms with Gasteiger partial charge in [-0.2, -0.15) is 4.57 Å². The van der Waals surface area contributed by atoms with E-state index in [0.717, 1.165) is 11.3 Å². The van der Waals surface area contributed by atoms with Crippen LogP contribution in [0, 0.1) is 0 Å². The highest BCUT2D eigenvalue weighted by atomic mass is 16.6. The Hall–Kier alpha value is -3.03. The lowest BCUT2D eigenvalue weighted by Crippen LogP contribution is -2.50. The quantitative estimate of drug-likeness (QED) is 0.330. The lowest BCUT2D eigenvalue weighted by atomic mass is 10.1. The zero-order chi connectivity index (χ0) is 23.4. The van der Waals surface area contributed by atoms with Crippen LogP contribution >= 0.6 is 0 Å². The summed E-state index contributed by atoms with van der Waals surface area (Å²) in [6.07, 6.45) is -0.364. The first-order chi connectivity index (χ1) is 15.2. The van der Waals surface area contributed by atoms with E-state index in [1.807, 2.05) is 86.0 Å². The average Bonchev–Trinajstić information content (AvgIpc) is 3.17. The van der Waals surface area contributed by atoms with Gasteiger partial charge >= 0.3 is 17.6 Å². The second-order valence-electron chi connectivity index (χ2n) is 8.47. The monoisotopic (exact) mass is 438 g/mol. The molecule has 7 nitrogen and oxygen atoms in total. The molecule has 1 aromatic heterocycles. The molecule has 0 bridgehead atoms. The Balaban J connectivity index is 2.38. The van der Waals surface area contributed by atoms with Crippen molar-refractivity contribution in [1.29, 1.82) is 0 Å². The molecule has 0 aliphatic carbocycles. The van der Waals surface area contributed by atoms with Crippen LogP contribution in [0.25, 0.3) is 17.1 Å². The van der Waals surface area contributed by atoms with Crippen LogP contribution in [0.5, 0.6) is 0 Å². The molecule has 32 heavy (non-hydrogen) atoms. The molecule has 1 N–H and O–H groups in total. The Morgan fingerprint density at radius 1 is 1.00 bits per heavy atom. The van der Waals surface area contributed by atoms with Crippen molar-refractivity contribution < 1.29 is 23.9 Å². The summed E-state index contributed by atoms with van der Waals surface area (Å²) in [5.41, 5.74) is 1.15. The summed E-state index contributed by atoms with van der Waals surface area (Å²) in [7, 11) is 0. The molecular formula is C25H32N3O4+. The highest BCUT2D eigenvalue weighted by molar-refractivity contribution is 5.70. The first-order valence-corrected chi connectivity index (χ1v) is 10.9. The van der Waals surface area contributed by atoms with Gasteiger partial charge in [0, 0.05) is 11.7 Å². The third kappa shape index (κ3) is 4.89. The third-order valence-corrected chi connectivity index (χ3v) is 4.92. The number of carbonyl (C=O) groups is 1. The number of hydrogen-bond donors (Lipinski definition) is 1. The van der Waals surface area contributed by atoms with Gasteiger partial charge in [0.1, 0.15) is 17.6 Å². The van der Waals surface area contributed by atoms with Crippen molar-refractivity contribution in [3.63, 3.8) is 0 Å². The second kappa shape index (κ2) is 9.63. The number of carbonyl (C=O) groups excluding carboxylic acids is 1.